The minimum atomic E-state index is -3.70. The molecular weight excluding hydrogens is 416 g/mol. The van der Waals surface area contributed by atoms with Crippen molar-refractivity contribution in [3.8, 4) is 0 Å². The fourth-order valence-electron chi connectivity index (χ4n) is 3.21. The molecule has 1 aliphatic rings. The molecule has 2 aromatic rings. The molecule has 0 bridgehead atoms. The van der Waals surface area contributed by atoms with Crippen LogP contribution in [0.5, 0.6) is 0 Å². The molecule has 31 heavy (non-hydrogen) atoms. The van der Waals surface area contributed by atoms with E-state index in [-0.39, 0.29) is 35.0 Å². The number of amides is 2. The Balaban J connectivity index is 1.75. The quantitative estimate of drug-likeness (QED) is 0.715. The van der Waals surface area contributed by atoms with Crippen LogP contribution < -0.4 is 10.0 Å². The van der Waals surface area contributed by atoms with Crippen LogP contribution in [0.1, 0.15) is 25.0 Å². The molecule has 0 fully saturated rings. The van der Waals surface area contributed by atoms with Crippen molar-refractivity contribution in [1.82, 2.24) is 9.62 Å². The van der Waals surface area contributed by atoms with Crippen LogP contribution in [0.3, 0.4) is 0 Å². The van der Waals surface area contributed by atoms with Gasteiger partial charge in [-0.2, -0.15) is 0 Å². The molecule has 0 aromatic heterocycles. The number of nitrogens with one attached hydrogen (secondary N) is 2. The van der Waals surface area contributed by atoms with E-state index in [0.29, 0.717) is 11.3 Å². The van der Waals surface area contributed by atoms with Gasteiger partial charge in [-0.3, -0.25) is 19.3 Å². The summed E-state index contributed by atoms with van der Waals surface area (Å²) in [6.07, 6.45) is 0. The summed E-state index contributed by atoms with van der Waals surface area (Å²) in [7, 11) is -2.17. The Morgan fingerprint density at radius 1 is 1.10 bits per heavy atom. The number of carbonyl (C=O) groups excluding carboxylic acids is 2. The first kappa shape index (κ1) is 22.5. The molecule has 0 saturated heterocycles. The normalized spacial score (nSPS) is 16.5. The van der Waals surface area contributed by atoms with Crippen LogP contribution in [0, 0.1) is 12.8 Å². The molecule has 2 N–H and O–H groups in total. The molecule has 1 heterocycles. The number of hydrogen-bond acceptors (Lipinski definition) is 5. The molecule has 9 heteroatoms. The van der Waals surface area contributed by atoms with E-state index in [1.807, 2.05) is 32.9 Å². The summed E-state index contributed by atoms with van der Waals surface area (Å²) in [6.45, 7) is 5.45. The van der Waals surface area contributed by atoms with Crippen LogP contribution >= 0.6 is 0 Å². The third-order valence-electron chi connectivity index (χ3n) is 4.91. The summed E-state index contributed by atoms with van der Waals surface area (Å²) in [5, 5.41) is 2.76. The zero-order valence-electron chi connectivity index (χ0n) is 17.9. The Hall–Kier alpha value is -3.20. The SMILES string of the molecule is Cc1ccc(NC(=O)CN(C)C(=O)[C@@H](N=C2NS(=O)(=O)c3ccccc32)C(C)C)cc1. The van der Waals surface area contributed by atoms with E-state index in [2.05, 4.69) is 15.0 Å². The average molecular weight is 443 g/mol. The van der Waals surface area contributed by atoms with Gasteiger partial charge < -0.3 is 10.2 Å². The Kier molecular flexibility index (Phi) is 6.45. The molecule has 8 nitrogen and oxygen atoms in total. The van der Waals surface area contributed by atoms with E-state index in [1.165, 1.54) is 18.0 Å². The predicted octanol–water partition coefficient (Wildman–Crippen LogP) is 2.16. The Morgan fingerprint density at radius 2 is 1.74 bits per heavy atom. The first-order chi connectivity index (χ1) is 14.6. The average Bonchev–Trinajstić information content (AvgIpc) is 2.97. The summed E-state index contributed by atoms with van der Waals surface area (Å²) in [4.78, 5) is 31.3. The number of hydrogen-bond donors (Lipinski definition) is 2. The smallest absolute Gasteiger partial charge is 0.263 e. The van der Waals surface area contributed by atoms with Gasteiger partial charge in [-0.25, -0.2) is 8.42 Å². The van der Waals surface area contributed by atoms with Gasteiger partial charge in [-0.05, 0) is 37.1 Å². The zero-order valence-corrected chi connectivity index (χ0v) is 18.7. The molecule has 0 spiro atoms. The number of aliphatic imine (C=N–C) groups is 1. The van der Waals surface area contributed by atoms with E-state index >= 15 is 0 Å². The van der Waals surface area contributed by atoms with Gasteiger partial charge >= 0.3 is 0 Å². The van der Waals surface area contributed by atoms with Crippen LogP contribution in [0.2, 0.25) is 0 Å². The third-order valence-corrected chi connectivity index (χ3v) is 6.30. The van der Waals surface area contributed by atoms with Crippen molar-refractivity contribution in [3.05, 3.63) is 59.7 Å². The maximum Gasteiger partial charge on any atom is 0.263 e. The lowest BCUT2D eigenvalue weighted by atomic mass is 10.0. The van der Waals surface area contributed by atoms with Crippen molar-refractivity contribution in [1.29, 1.82) is 0 Å². The van der Waals surface area contributed by atoms with Crippen LogP contribution in [0.4, 0.5) is 5.69 Å². The topological polar surface area (TPSA) is 108 Å². The second-order valence-electron chi connectivity index (χ2n) is 7.88. The molecule has 3 rings (SSSR count). The summed E-state index contributed by atoms with van der Waals surface area (Å²) < 4.78 is 27.1. The second-order valence-corrected chi connectivity index (χ2v) is 9.53. The highest BCUT2D eigenvalue weighted by Crippen LogP contribution is 2.23. The highest BCUT2D eigenvalue weighted by Gasteiger charge is 2.33. The molecule has 164 valence electrons. The lowest BCUT2D eigenvalue weighted by Gasteiger charge is -2.23. The van der Waals surface area contributed by atoms with Crippen LogP contribution in [0.25, 0.3) is 0 Å². The van der Waals surface area contributed by atoms with Crippen molar-refractivity contribution >= 4 is 33.4 Å². The number of carbonyl (C=O) groups is 2. The number of sulfonamides is 1. The maximum absolute atomic E-state index is 13.0. The Morgan fingerprint density at radius 3 is 2.39 bits per heavy atom. The van der Waals surface area contributed by atoms with E-state index in [1.54, 1.807) is 30.3 Å². The largest absolute Gasteiger partial charge is 0.335 e. The molecule has 2 aromatic carbocycles. The first-order valence-electron chi connectivity index (χ1n) is 9.90. The predicted molar refractivity (Wildman–Crippen MR) is 119 cm³/mol. The Bertz CT molecular complexity index is 1120. The van der Waals surface area contributed by atoms with Gasteiger partial charge in [-0.15, -0.1) is 0 Å². The van der Waals surface area contributed by atoms with Gasteiger partial charge in [0.05, 0.1) is 11.4 Å². The first-order valence-corrected chi connectivity index (χ1v) is 11.4. The molecule has 0 unspecified atom stereocenters. The fourth-order valence-corrected chi connectivity index (χ4v) is 4.45. The molecule has 1 atom stereocenters. The summed E-state index contributed by atoms with van der Waals surface area (Å²) >= 11 is 0. The van der Waals surface area contributed by atoms with E-state index < -0.39 is 16.1 Å². The summed E-state index contributed by atoms with van der Waals surface area (Å²) in [5.74, 6) is -0.771. The number of nitrogens with zero attached hydrogens (tertiary/aromatic N) is 2. The van der Waals surface area contributed by atoms with E-state index in [0.717, 1.165) is 5.56 Å². The summed E-state index contributed by atoms with van der Waals surface area (Å²) in [6, 6.07) is 13.0. The number of rotatable bonds is 6. The van der Waals surface area contributed by atoms with Gasteiger partial charge in [-0.1, -0.05) is 43.7 Å². The van der Waals surface area contributed by atoms with E-state index in [4.69, 9.17) is 0 Å². The van der Waals surface area contributed by atoms with Gasteiger partial charge in [0, 0.05) is 18.3 Å². The van der Waals surface area contributed by atoms with Gasteiger partial charge in [0.25, 0.3) is 10.0 Å². The van der Waals surface area contributed by atoms with Crippen molar-refractivity contribution in [2.24, 2.45) is 10.9 Å². The number of fused-ring (bicyclic) bond motifs is 1. The molecule has 0 aliphatic carbocycles. The molecule has 0 saturated carbocycles. The number of anilines is 1. The van der Waals surface area contributed by atoms with Crippen molar-refractivity contribution < 1.29 is 18.0 Å². The number of benzene rings is 2. The second kappa shape index (κ2) is 8.89. The third kappa shape index (κ3) is 5.11. The monoisotopic (exact) mass is 442 g/mol. The van der Waals surface area contributed by atoms with Gasteiger partial charge in [0.2, 0.25) is 11.8 Å². The number of aryl methyl sites for hydroxylation is 1. The Labute approximate surface area is 182 Å². The highest BCUT2D eigenvalue weighted by molar-refractivity contribution is 7.90. The van der Waals surface area contributed by atoms with Crippen molar-refractivity contribution in [2.75, 3.05) is 18.9 Å². The van der Waals surface area contributed by atoms with Crippen molar-refractivity contribution in [3.63, 3.8) is 0 Å². The fraction of sp³-hybridized carbons (Fsp3) is 0.318. The van der Waals surface area contributed by atoms with Crippen LogP contribution in [0.15, 0.2) is 58.4 Å². The standard InChI is InChI=1S/C22H26N4O4S/c1-14(2)20(24-21-17-7-5-6-8-18(17)31(29,30)25-21)22(28)26(4)13-19(27)23-16-11-9-15(3)10-12-16/h5-12,14,20H,13H2,1-4H3,(H,23,27)(H,24,25)/t20-/m0/s1. The van der Waals surface area contributed by atoms with Gasteiger partial charge in [0.1, 0.15) is 11.9 Å². The molecular formula is C22H26N4O4S. The number of likely N-dealkylation sites (N-methyl/N-ethyl adjacent to an activating group) is 1. The molecule has 1 aliphatic heterocycles. The lowest BCUT2D eigenvalue weighted by Crippen LogP contribution is -2.43. The lowest BCUT2D eigenvalue weighted by molar-refractivity contribution is -0.135. The maximum atomic E-state index is 13.0. The minimum absolute atomic E-state index is 0.134. The van der Waals surface area contributed by atoms with Crippen molar-refractivity contribution in [2.45, 2.75) is 31.7 Å². The highest BCUT2D eigenvalue weighted by atomic mass is 32.2. The van der Waals surface area contributed by atoms with Crippen LogP contribution in [-0.2, 0) is 19.6 Å². The molecule has 0 radical (unpaired) electrons. The molecule has 2 amide bonds. The van der Waals surface area contributed by atoms with Crippen LogP contribution in [-0.4, -0.2) is 50.6 Å². The number of amidine groups is 1. The minimum Gasteiger partial charge on any atom is -0.335 e. The van der Waals surface area contributed by atoms with Gasteiger partial charge in [0.15, 0.2) is 0 Å². The van der Waals surface area contributed by atoms with E-state index in [9.17, 15) is 18.0 Å². The zero-order chi connectivity index (χ0) is 22.8. The summed E-state index contributed by atoms with van der Waals surface area (Å²) in [5.41, 5.74) is 2.16.